The summed E-state index contributed by atoms with van der Waals surface area (Å²) in [4.78, 5) is 28.2. The van der Waals surface area contributed by atoms with Gasteiger partial charge in [0.25, 0.3) is 11.8 Å². The second-order valence-corrected chi connectivity index (χ2v) is 5.38. The van der Waals surface area contributed by atoms with E-state index in [9.17, 15) is 9.59 Å². The van der Waals surface area contributed by atoms with Crippen molar-refractivity contribution in [3.8, 4) is 0 Å². The molecule has 22 heavy (non-hydrogen) atoms. The van der Waals surface area contributed by atoms with Gasteiger partial charge in [0.05, 0.1) is 6.26 Å². The topological polar surface area (TPSA) is 53.8 Å². The highest BCUT2D eigenvalue weighted by Crippen LogP contribution is 2.15. The van der Waals surface area contributed by atoms with Gasteiger partial charge in [-0.1, -0.05) is 18.2 Å². The average molecular weight is 298 g/mol. The Labute approximate surface area is 129 Å². The lowest BCUT2D eigenvalue weighted by molar-refractivity contribution is 0.0517. The summed E-state index contributed by atoms with van der Waals surface area (Å²) in [7, 11) is 0. The summed E-state index contributed by atoms with van der Waals surface area (Å²) in [6.45, 7) is 3.99. The van der Waals surface area contributed by atoms with Crippen molar-refractivity contribution in [2.45, 2.75) is 6.92 Å². The van der Waals surface area contributed by atoms with E-state index in [4.69, 9.17) is 4.42 Å². The molecule has 1 aromatic carbocycles. The standard InChI is InChI=1S/C17H18N2O3/c1-13-7-12-22-15(13)17(21)19-10-8-18(9-11-19)16(20)14-5-3-2-4-6-14/h2-7,12H,8-11H2,1H3. The zero-order valence-corrected chi connectivity index (χ0v) is 12.5. The molecule has 0 radical (unpaired) electrons. The van der Waals surface area contributed by atoms with Crippen LogP contribution in [0, 0.1) is 6.92 Å². The molecule has 0 aliphatic carbocycles. The molecule has 2 amide bonds. The second kappa shape index (κ2) is 6.05. The number of hydrogen-bond acceptors (Lipinski definition) is 3. The maximum absolute atomic E-state index is 12.4. The minimum absolute atomic E-state index is 0.0156. The summed E-state index contributed by atoms with van der Waals surface area (Å²) in [5.74, 6) is 0.305. The van der Waals surface area contributed by atoms with Crippen molar-refractivity contribution in [2.75, 3.05) is 26.2 Å². The summed E-state index contributed by atoms with van der Waals surface area (Å²) in [6.07, 6.45) is 1.53. The van der Waals surface area contributed by atoms with Crippen LogP contribution < -0.4 is 0 Å². The third kappa shape index (κ3) is 2.74. The van der Waals surface area contributed by atoms with E-state index in [0.717, 1.165) is 5.56 Å². The third-order valence-electron chi connectivity index (χ3n) is 3.93. The number of rotatable bonds is 2. The van der Waals surface area contributed by atoms with Crippen molar-refractivity contribution in [3.63, 3.8) is 0 Å². The Balaban J connectivity index is 1.62. The van der Waals surface area contributed by atoms with E-state index < -0.39 is 0 Å². The van der Waals surface area contributed by atoms with E-state index in [-0.39, 0.29) is 11.8 Å². The SMILES string of the molecule is Cc1ccoc1C(=O)N1CCN(C(=O)c2ccccc2)CC1. The molecule has 0 saturated carbocycles. The van der Waals surface area contributed by atoms with Crippen molar-refractivity contribution < 1.29 is 14.0 Å². The minimum atomic E-state index is -0.102. The lowest BCUT2D eigenvalue weighted by Crippen LogP contribution is -2.50. The van der Waals surface area contributed by atoms with Crippen LogP contribution in [0.25, 0.3) is 0 Å². The molecule has 1 fully saturated rings. The van der Waals surface area contributed by atoms with Crippen LogP contribution in [0.5, 0.6) is 0 Å². The van der Waals surface area contributed by atoms with Gasteiger partial charge in [-0.15, -0.1) is 0 Å². The number of hydrogen-bond donors (Lipinski definition) is 0. The summed E-state index contributed by atoms with van der Waals surface area (Å²) >= 11 is 0. The normalized spacial score (nSPS) is 15.0. The fraction of sp³-hybridized carbons (Fsp3) is 0.294. The van der Waals surface area contributed by atoms with Gasteiger partial charge in [0.2, 0.25) is 0 Å². The van der Waals surface area contributed by atoms with E-state index in [1.807, 2.05) is 37.3 Å². The van der Waals surface area contributed by atoms with Crippen molar-refractivity contribution in [1.82, 2.24) is 9.80 Å². The van der Waals surface area contributed by atoms with Gasteiger partial charge in [0.1, 0.15) is 0 Å². The number of amides is 2. The van der Waals surface area contributed by atoms with Crippen molar-refractivity contribution in [2.24, 2.45) is 0 Å². The molecule has 114 valence electrons. The van der Waals surface area contributed by atoms with Crippen molar-refractivity contribution in [1.29, 1.82) is 0 Å². The lowest BCUT2D eigenvalue weighted by Gasteiger charge is -2.34. The number of piperazine rings is 1. The van der Waals surface area contributed by atoms with Crippen LogP contribution in [0.4, 0.5) is 0 Å². The molecule has 0 bridgehead atoms. The lowest BCUT2D eigenvalue weighted by atomic mass is 10.1. The molecule has 2 heterocycles. The Morgan fingerprint density at radius 2 is 1.50 bits per heavy atom. The van der Waals surface area contributed by atoms with Crippen LogP contribution >= 0.6 is 0 Å². The van der Waals surface area contributed by atoms with Gasteiger partial charge in [-0.25, -0.2) is 0 Å². The highest BCUT2D eigenvalue weighted by atomic mass is 16.3. The predicted octanol–water partition coefficient (Wildman–Crippen LogP) is 2.19. The number of carbonyl (C=O) groups excluding carboxylic acids is 2. The molecular weight excluding hydrogens is 280 g/mol. The Kier molecular flexibility index (Phi) is 3.96. The van der Waals surface area contributed by atoms with Crippen LogP contribution in [0.15, 0.2) is 47.1 Å². The van der Waals surface area contributed by atoms with Gasteiger partial charge in [-0.2, -0.15) is 0 Å². The Morgan fingerprint density at radius 3 is 2.05 bits per heavy atom. The van der Waals surface area contributed by atoms with E-state index >= 15 is 0 Å². The van der Waals surface area contributed by atoms with Crippen LogP contribution in [0.2, 0.25) is 0 Å². The van der Waals surface area contributed by atoms with Gasteiger partial charge in [-0.05, 0) is 25.1 Å². The second-order valence-electron chi connectivity index (χ2n) is 5.38. The van der Waals surface area contributed by atoms with Gasteiger partial charge in [-0.3, -0.25) is 9.59 Å². The molecular formula is C17H18N2O3. The molecule has 1 aromatic heterocycles. The molecule has 0 N–H and O–H groups in total. The highest BCUT2D eigenvalue weighted by molar-refractivity contribution is 5.95. The predicted molar refractivity (Wildman–Crippen MR) is 81.7 cm³/mol. The van der Waals surface area contributed by atoms with E-state index in [2.05, 4.69) is 0 Å². The first-order valence-electron chi connectivity index (χ1n) is 7.34. The zero-order valence-electron chi connectivity index (χ0n) is 12.5. The van der Waals surface area contributed by atoms with E-state index in [0.29, 0.717) is 37.5 Å². The molecule has 2 aromatic rings. The minimum Gasteiger partial charge on any atom is -0.459 e. The third-order valence-corrected chi connectivity index (χ3v) is 3.93. The van der Waals surface area contributed by atoms with Crippen LogP contribution in [-0.2, 0) is 0 Å². The number of furan rings is 1. The first-order chi connectivity index (χ1) is 10.7. The molecule has 1 saturated heterocycles. The van der Waals surface area contributed by atoms with Crippen molar-refractivity contribution >= 4 is 11.8 Å². The summed E-state index contributed by atoms with van der Waals surface area (Å²) in [5.41, 5.74) is 1.52. The van der Waals surface area contributed by atoms with E-state index in [1.165, 1.54) is 6.26 Å². The zero-order chi connectivity index (χ0) is 15.5. The Hall–Kier alpha value is -2.56. The van der Waals surface area contributed by atoms with Gasteiger partial charge in [0.15, 0.2) is 5.76 Å². The summed E-state index contributed by atoms with van der Waals surface area (Å²) < 4.78 is 5.25. The molecule has 1 aliphatic heterocycles. The monoisotopic (exact) mass is 298 g/mol. The van der Waals surface area contributed by atoms with Gasteiger partial charge >= 0.3 is 0 Å². The molecule has 3 rings (SSSR count). The molecule has 0 atom stereocenters. The summed E-state index contributed by atoms with van der Waals surface area (Å²) in [5, 5.41) is 0. The molecule has 1 aliphatic rings. The Bertz CT molecular complexity index is 670. The number of aryl methyl sites for hydroxylation is 1. The van der Waals surface area contributed by atoms with Gasteiger partial charge < -0.3 is 14.2 Å². The molecule has 0 unspecified atom stereocenters. The molecule has 0 spiro atoms. The summed E-state index contributed by atoms with van der Waals surface area (Å²) in [6, 6.07) is 11.0. The fourth-order valence-electron chi connectivity index (χ4n) is 2.61. The first kappa shape index (κ1) is 14.4. The molecule has 5 heteroatoms. The van der Waals surface area contributed by atoms with Crippen LogP contribution in [-0.4, -0.2) is 47.8 Å². The quantitative estimate of drug-likeness (QED) is 0.854. The Morgan fingerprint density at radius 1 is 0.909 bits per heavy atom. The molecule has 5 nitrogen and oxygen atoms in total. The number of carbonyl (C=O) groups is 2. The van der Waals surface area contributed by atoms with Crippen LogP contribution in [0.3, 0.4) is 0 Å². The highest BCUT2D eigenvalue weighted by Gasteiger charge is 2.27. The first-order valence-corrected chi connectivity index (χ1v) is 7.34. The van der Waals surface area contributed by atoms with Crippen LogP contribution in [0.1, 0.15) is 26.5 Å². The smallest absolute Gasteiger partial charge is 0.289 e. The number of nitrogens with zero attached hydrogens (tertiary/aromatic N) is 2. The maximum Gasteiger partial charge on any atom is 0.289 e. The fourth-order valence-corrected chi connectivity index (χ4v) is 2.61. The van der Waals surface area contributed by atoms with Crippen molar-refractivity contribution in [3.05, 3.63) is 59.5 Å². The van der Waals surface area contributed by atoms with E-state index in [1.54, 1.807) is 15.9 Å². The largest absolute Gasteiger partial charge is 0.459 e. The number of benzene rings is 1. The average Bonchev–Trinajstić information content (AvgIpc) is 3.00. The van der Waals surface area contributed by atoms with Gasteiger partial charge in [0, 0.05) is 37.3 Å². The maximum atomic E-state index is 12.4.